The fourth-order valence-corrected chi connectivity index (χ4v) is 4.70. The second-order valence-electron chi connectivity index (χ2n) is 6.66. The molecule has 4 nitrogen and oxygen atoms in total. The van der Waals surface area contributed by atoms with Gasteiger partial charge in [-0.25, -0.2) is 4.79 Å². The zero-order valence-electron chi connectivity index (χ0n) is 13.8. The smallest absolute Gasteiger partial charge is 0.341 e. The molecule has 6 heteroatoms. The molecule has 1 saturated heterocycles. The van der Waals surface area contributed by atoms with Gasteiger partial charge in [-0.2, -0.15) is 0 Å². The van der Waals surface area contributed by atoms with E-state index in [4.69, 9.17) is 21.7 Å². The standard InChI is InChI=1S/C17H21NO3S2/c1-17(2)12-8-18(9-13(12)17)16(22)23-10-5-6-14(20-3)11(7-10)15(19)21-4/h5-7,12-13H,8-9H2,1-4H3. The van der Waals surface area contributed by atoms with E-state index in [2.05, 4.69) is 18.7 Å². The van der Waals surface area contributed by atoms with Crippen molar-refractivity contribution in [2.75, 3.05) is 27.3 Å². The van der Waals surface area contributed by atoms with Gasteiger partial charge in [0.1, 0.15) is 15.6 Å². The van der Waals surface area contributed by atoms with E-state index in [-0.39, 0.29) is 0 Å². The zero-order chi connectivity index (χ0) is 16.8. The van der Waals surface area contributed by atoms with Crippen molar-refractivity contribution >= 4 is 34.3 Å². The Morgan fingerprint density at radius 1 is 1.30 bits per heavy atom. The molecule has 23 heavy (non-hydrogen) atoms. The highest BCUT2D eigenvalue weighted by Crippen LogP contribution is 2.62. The van der Waals surface area contributed by atoms with Gasteiger partial charge in [0.05, 0.1) is 14.2 Å². The fraction of sp³-hybridized carbons (Fsp3) is 0.529. The van der Waals surface area contributed by atoms with E-state index in [0.717, 1.165) is 34.1 Å². The minimum atomic E-state index is -0.403. The molecule has 1 heterocycles. The summed E-state index contributed by atoms with van der Waals surface area (Å²) in [6, 6.07) is 5.48. The van der Waals surface area contributed by atoms with Gasteiger partial charge in [0.2, 0.25) is 0 Å². The molecule has 1 aromatic carbocycles. The van der Waals surface area contributed by atoms with Crippen LogP contribution in [0.3, 0.4) is 0 Å². The van der Waals surface area contributed by atoms with Crippen LogP contribution in [0.15, 0.2) is 23.1 Å². The predicted octanol–water partition coefficient (Wildman–Crippen LogP) is 3.45. The number of methoxy groups -OCH3 is 2. The molecule has 1 aliphatic carbocycles. The van der Waals surface area contributed by atoms with Gasteiger partial charge in [0.15, 0.2) is 0 Å². The van der Waals surface area contributed by atoms with Crippen molar-refractivity contribution in [2.24, 2.45) is 17.3 Å². The third-order valence-electron chi connectivity index (χ3n) is 5.16. The first-order chi connectivity index (χ1) is 10.9. The number of hydrogen-bond acceptors (Lipinski definition) is 5. The molecule has 2 fully saturated rings. The lowest BCUT2D eigenvalue weighted by Crippen LogP contribution is -2.29. The SMILES string of the molecule is COC(=O)c1cc(SC(=S)N2CC3C(C2)C3(C)C)ccc1OC. The molecule has 1 aromatic rings. The van der Waals surface area contributed by atoms with Crippen LogP contribution in [0.4, 0.5) is 0 Å². The van der Waals surface area contributed by atoms with Crippen molar-refractivity contribution in [2.45, 2.75) is 18.7 Å². The number of thioether (sulfide) groups is 1. The lowest BCUT2D eigenvalue weighted by Gasteiger charge is -2.24. The normalized spacial score (nSPS) is 24.1. The molecule has 1 aliphatic heterocycles. The van der Waals surface area contributed by atoms with Gasteiger partial charge >= 0.3 is 5.97 Å². The van der Waals surface area contributed by atoms with Crippen molar-refractivity contribution in [1.29, 1.82) is 0 Å². The molecule has 0 N–H and O–H groups in total. The highest BCUT2D eigenvalue weighted by molar-refractivity contribution is 8.22. The molecule has 1 saturated carbocycles. The molecule has 2 atom stereocenters. The maximum atomic E-state index is 11.9. The number of rotatable bonds is 3. The van der Waals surface area contributed by atoms with Crippen LogP contribution in [0.2, 0.25) is 0 Å². The van der Waals surface area contributed by atoms with E-state index in [1.54, 1.807) is 12.1 Å². The topological polar surface area (TPSA) is 38.8 Å². The summed E-state index contributed by atoms with van der Waals surface area (Å²) in [4.78, 5) is 15.1. The van der Waals surface area contributed by atoms with Crippen LogP contribution in [0.25, 0.3) is 0 Å². The molecule has 0 bridgehead atoms. The summed E-state index contributed by atoms with van der Waals surface area (Å²) >= 11 is 7.10. The fourth-order valence-electron chi connectivity index (χ4n) is 3.47. The molecule has 2 unspecified atom stereocenters. The Balaban J connectivity index is 1.69. The molecular weight excluding hydrogens is 330 g/mol. The first kappa shape index (κ1) is 16.6. The summed E-state index contributed by atoms with van der Waals surface area (Å²) in [7, 11) is 2.90. The van der Waals surface area contributed by atoms with Crippen molar-refractivity contribution in [1.82, 2.24) is 4.90 Å². The molecule has 3 rings (SSSR count). The average molecular weight is 351 g/mol. The Morgan fingerprint density at radius 2 is 1.96 bits per heavy atom. The molecule has 0 radical (unpaired) electrons. The summed E-state index contributed by atoms with van der Waals surface area (Å²) in [5.74, 6) is 1.64. The number of nitrogens with zero attached hydrogens (tertiary/aromatic N) is 1. The first-order valence-corrected chi connectivity index (χ1v) is 8.84. The Bertz CT molecular complexity index is 645. The van der Waals surface area contributed by atoms with Crippen LogP contribution in [0.1, 0.15) is 24.2 Å². The van der Waals surface area contributed by atoms with Gasteiger partial charge in [0.25, 0.3) is 0 Å². The first-order valence-electron chi connectivity index (χ1n) is 7.61. The predicted molar refractivity (Wildman–Crippen MR) is 95.1 cm³/mol. The van der Waals surface area contributed by atoms with Crippen LogP contribution >= 0.6 is 24.0 Å². The van der Waals surface area contributed by atoms with E-state index in [1.807, 2.05) is 6.07 Å². The second kappa shape index (κ2) is 5.98. The molecule has 0 amide bonds. The number of carbonyl (C=O) groups is 1. The maximum Gasteiger partial charge on any atom is 0.341 e. The summed E-state index contributed by atoms with van der Waals surface area (Å²) in [5, 5.41) is 0. The van der Waals surface area contributed by atoms with Crippen LogP contribution in [-0.4, -0.2) is 42.5 Å². The van der Waals surface area contributed by atoms with Crippen molar-refractivity contribution < 1.29 is 14.3 Å². The summed E-state index contributed by atoms with van der Waals surface area (Å²) in [5.41, 5.74) is 0.905. The molecule has 124 valence electrons. The Kier molecular flexibility index (Phi) is 4.31. The van der Waals surface area contributed by atoms with Crippen LogP contribution in [0.5, 0.6) is 5.75 Å². The van der Waals surface area contributed by atoms with E-state index in [1.165, 1.54) is 26.0 Å². The van der Waals surface area contributed by atoms with Crippen molar-refractivity contribution in [3.05, 3.63) is 23.8 Å². The van der Waals surface area contributed by atoms with Gasteiger partial charge in [0, 0.05) is 18.0 Å². The highest BCUT2D eigenvalue weighted by Gasteiger charge is 2.62. The number of esters is 1. The Morgan fingerprint density at radius 3 is 2.52 bits per heavy atom. The van der Waals surface area contributed by atoms with Crippen LogP contribution < -0.4 is 4.74 Å². The number of fused-ring (bicyclic) bond motifs is 1. The number of thiocarbonyl (C=S) groups is 1. The third kappa shape index (κ3) is 2.94. The van der Waals surface area contributed by atoms with E-state index >= 15 is 0 Å². The zero-order valence-corrected chi connectivity index (χ0v) is 15.4. The lowest BCUT2D eigenvalue weighted by atomic mass is 10.1. The number of carbonyl (C=O) groups excluding carboxylic acids is 1. The monoisotopic (exact) mass is 351 g/mol. The molecule has 0 spiro atoms. The number of hydrogen-bond donors (Lipinski definition) is 0. The van der Waals surface area contributed by atoms with E-state index in [0.29, 0.717) is 16.7 Å². The van der Waals surface area contributed by atoms with Gasteiger partial charge < -0.3 is 14.4 Å². The van der Waals surface area contributed by atoms with Crippen molar-refractivity contribution in [3.63, 3.8) is 0 Å². The maximum absolute atomic E-state index is 11.9. The molecule has 2 aliphatic rings. The molecule has 0 aromatic heterocycles. The third-order valence-corrected chi connectivity index (χ3v) is 6.59. The summed E-state index contributed by atoms with van der Waals surface area (Å²) in [6.07, 6.45) is 0. The Labute approximate surface area is 146 Å². The minimum Gasteiger partial charge on any atom is -0.496 e. The van der Waals surface area contributed by atoms with Gasteiger partial charge in [-0.1, -0.05) is 37.8 Å². The number of piperidine rings is 1. The number of benzene rings is 1. The van der Waals surface area contributed by atoms with Gasteiger partial charge in [-0.15, -0.1) is 0 Å². The lowest BCUT2D eigenvalue weighted by molar-refractivity contribution is 0.0597. The van der Waals surface area contributed by atoms with Crippen LogP contribution in [-0.2, 0) is 4.74 Å². The summed E-state index contributed by atoms with van der Waals surface area (Å²) in [6.45, 7) is 6.76. The Hall–Kier alpha value is -1.27. The number of likely N-dealkylation sites (tertiary alicyclic amines) is 1. The average Bonchev–Trinajstić information content (AvgIpc) is 2.92. The quantitative estimate of drug-likeness (QED) is 0.472. The largest absolute Gasteiger partial charge is 0.496 e. The second-order valence-corrected chi connectivity index (χ2v) is 8.37. The van der Waals surface area contributed by atoms with Crippen LogP contribution in [0, 0.1) is 17.3 Å². The van der Waals surface area contributed by atoms with Crippen molar-refractivity contribution in [3.8, 4) is 5.75 Å². The number of ether oxygens (including phenoxy) is 2. The van der Waals surface area contributed by atoms with Gasteiger partial charge in [-0.3, -0.25) is 0 Å². The highest BCUT2D eigenvalue weighted by atomic mass is 32.2. The van der Waals surface area contributed by atoms with Gasteiger partial charge in [-0.05, 0) is 35.4 Å². The minimum absolute atomic E-state index is 0.403. The molecular formula is C17H21NO3S2. The summed E-state index contributed by atoms with van der Waals surface area (Å²) < 4.78 is 10.9. The van der Waals surface area contributed by atoms with E-state index in [9.17, 15) is 4.79 Å². The van der Waals surface area contributed by atoms with E-state index < -0.39 is 5.97 Å².